The van der Waals surface area contributed by atoms with E-state index in [1.54, 1.807) is 18.7 Å². The fraction of sp³-hybridized carbons (Fsp3) is 0.333. The van der Waals surface area contributed by atoms with Crippen molar-refractivity contribution in [1.29, 1.82) is 0 Å². The second-order valence-electron chi connectivity index (χ2n) is 3.03. The molecule has 84 valence electrons. The Bertz CT molecular complexity index is 469. The summed E-state index contributed by atoms with van der Waals surface area (Å²) in [4.78, 5) is 12.3. The second kappa shape index (κ2) is 4.93. The van der Waals surface area contributed by atoms with E-state index in [4.69, 9.17) is 5.73 Å². The third kappa shape index (κ3) is 2.30. The van der Waals surface area contributed by atoms with Gasteiger partial charge in [0.1, 0.15) is 17.2 Å². The van der Waals surface area contributed by atoms with Crippen molar-refractivity contribution in [1.82, 2.24) is 24.7 Å². The number of nitrogens with two attached hydrogens (primary N) is 1. The van der Waals surface area contributed by atoms with Gasteiger partial charge in [-0.05, 0) is 6.92 Å². The molecule has 0 atom stereocenters. The van der Waals surface area contributed by atoms with Crippen molar-refractivity contribution in [3.63, 3.8) is 0 Å². The Kier molecular flexibility index (Phi) is 3.35. The predicted molar refractivity (Wildman–Crippen MR) is 61.7 cm³/mol. The van der Waals surface area contributed by atoms with Crippen LogP contribution in [-0.2, 0) is 12.3 Å². The number of aryl methyl sites for hydroxylation is 1. The van der Waals surface area contributed by atoms with Gasteiger partial charge < -0.3 is 5.73 Å². The van der Waals surface area contributed by atoms with E-state index < -0.39 is 0 Å². The molecule has 0 amide bonds. The SMILES string of the molecule is CCn1ncnc1CSc1nccnc1N. The molecule has 0 aliphatic rings. The molecule has 0 saturated heterocycles. The number of rotatable bonds is 4. The minimum atomic E-state index is 0.454. The van der Waals surface area contributed by atoms with Crippen molar-refractivity contribution in [3.05, 3.63) is 24.5 Å². The lowest BCUT2D eigenvalue weighted by molar-refractivity contribution is 0.632. The molecule has 0 bridgehead atoms. The third-order valence-corrected chi connectivity index (χ3v) is 3.01. The largest absolute Gasteiger partial charge is 0.381 e. The highest BCUT2D eigenvalue weighted by Gasteiger charge is 2.06. The van der Waals surface area contributed by atoms with Crippen LogP contribution in [0.1, 0.15) is 12.7 Å². The average molecular weight is 236 g/mol. The zero-order valence-corrected chi connectivity index (χ0v) is 9.68. The molecule has 0 fully saturated rings. The minimum Gasteiger partial charge on any atom is -0.381 e. The van der Waals surface area contributed by atoms with Gasteiger partial charge in [-0.25, -0.2) is 19.6 Å². The molecule has 2 N–H and O–H groups in total. The Morgan fingerprint density at radius 2 is 2.12 bits per heavy atom. The second-order valence-corrected chi connectivity index (χ2v) is 3.99. The maximum Gasteiger partial charge on any atom is 0.156 e. The summed E-state index contributed by atoms with van der Waals surface area (Å²) in [6.45, 7) is 2.84. The van der Waals surface area contributed by atoms with E-state index in [0.717, 1.165) is 17.4 Å². The number of nitrogens with zero attached hydrogens (tertiary/aromatic N) is 5. The molecular weight excluding hydrogens is 224 g/mol. The molecule has 2 heterocycles. The van der Waals surface area contributed by atoms with E-state index >= 15 is 0 Å². The summed E-state index contributed by atoms with van der Waals surface area (Å²) < 4.78 is 1.85. The van der Waals surface area contributed by atoms with Crippen LogP contribution in [0, 0.1) is 0 Å². The lowest BCUT2D eigenvalue weighted by Crippen LogP contribution is -2.02. The van der Waals surface area contributed by atoms with Gasteiger partial charge in [-0.15, -0.1) is 0 Å². The predicted octanol–water partition coefficient (Wildman–Crippen LogP) is 0.962. The first-order valence-electron chi connectivity index (χ1n) is 4.87. The van der Waals surface area contributed by atoms with Crippen molar-refractivity contribution >= 4 is 17.6 Å². The van der Waals surface area contributed by atoms with Crippen LogP contribution in [0.5, 0.6) is 0 Å². The highest BCUT2D eigenvalue weighted by atomic mass is 32.2. The molecule has 0 unspecified atom stereocenters. The van der Waals surface area contributed by atoms with Gasteiger partial charge in [0, 0.05) is 18.9 Å². The van der Waals surface area contributed by atoms with Gasteiger partial charge >= 0.3 is 0 Å². The molecule has 0 aromatic carbocycles. The summed E-state index contributed by atoms with van der Waals surface area (Å²) >= 11 is 1.51. The zero-order chi connectivity index (χ0) is 11.4. The Morgan fingerprint density at radius 3 is 2.88 bits per heavy atom. The van der Waals surface area contributed by atoms with Crippen LogP contribution in [0.3, 0.4) is 0 Å². The number of hydrogen-bond acceptors (Lipinski definition) is 6. The first-order valence-corrected chi connectivity index (χ1v) is 5.85. The Labute approximate surface area is 97.3 Å². The fourth-order valence-electron chi connectivity index (χ4n) is 1.24. The fourth-order valence-corrected chi connectivity index (χ4v) is 2.07. The summed E-state index contributed by atoms with van der Waals surface area (Å²) in [7, 11) is 0. The summed E-state index contributed by atoms with van der Waals surface area (Å²) in [6, 6.07) is 0. The van der Waals surface area contributed by atoms with Gasteiger partial charge in [0.05, 0.1) is 5.75 Å². The van der Waals surface area contributed by atoms with Crippen molar-refractivity contribution in [2.75, 3.05) is 5.73 Å². The van der Waals surface area contributed by atoms with Gasteiger partial charge in [0.25, 0.3) is 0 Å². The van der Waals surface area contributed by atoms with Gasteiger partial charge in [0.15, 0.2) is 5.82 Å². The summed E-state index contributed by atoms with van der Waals surface area (Å²) in [6.07, 6.45) is 4.76. The average Bonchev–Trinajstić information content (AvgIpc) is 2.75. The molecule has 0 aliphatic carbocycles. The Hall–Kier alpha value is -1.63. The lowest BCUT2D eigenvalue weighted by atomic mass is 10.6. The molecule has 16 heavy (non-hydrogen) atoms. The van der Waals surface area contributed by atoms with Gasteiger partial charge in [-0.3, -0.25) is 0 Å². The molecule has 0 spiro atoms. The van der Waals surface area contributed by atoms with Crippen LogP contribution in [0.15, 0.2) is 23.7 Å². The minimum absolute atomic E-state index is 0.454. The van der Waals surface area contributed by atoms with Crippen LogP contribution in [0.25, 0.3) is 0 Å². The number of thioether (sulfide) groups is 1. The van der Waals surface area contributed by atoms with E-state index in [2.05, 4.69) is 20.1 Å². The molecule has 6 nitrogen and oxygen atoms in total. The van der Waals surface area contributed by atoms with Gasteiger partial charge in [0.2, 0.25) is 0 Å². The maximum atomic E-state index is 5.69. The number of anilines is 1. The third-order valence-electron chi connectivity index (χ3n) is 2.02. The quantitative estimate of drug-likeness (QED) is 0.796. The molecular formula is C9H12N6S. The van der Waals surface area contributed by atoms with Crippen LogP contribution in [0.4, 0.5) is 5.82 Å². The number of nitrogen functional groups attached to an aromatic ring is 1. The van der Waals surface area contributed by atoms with Gasteiger partial charge in [-0.2, -0.15) is 5.10 Å². The normalized spacial score (nSPS) is 10.6. The highest BCUT2D eigenvalue weighted by molar-refractivity contribution is 7.98. The number of hydrogen-bond donors (Lipinski definition) is 1. The van der Waals surface area contributed by atoms with Crippen molar-refractivity contribution in [2.24, 2.45) is 0 Å². The summed E-state index contributed by atoms with van der Waals surface area (Å²) in [5.74, 6) is 2.06. The van der Waals surface area contributed by atoms with E-state index in [-0.39, 0.29) is 0 Å². The summed E-state index contributed by atoms with van der Waals surface area (Å²) in [5, 5.41) is 4.82. The first kappa shape index (κ1) is 10.9. The van der Waals surface area contributed by atoms with Gasteiger partial charge in [-0.1, -0.05) is 11.8 Å². The first-order chi connectivity index (χ1) is 7.81. The zero-order valence-electron chi connectivity index (χ0n) is 8.87. The van der Waals surface area contributed by atoms with E-state index in [9.17, 15) is 0 Å². The molecule has 2 aromatic rings. The topological polar surface area (TPSA) is 82.5 Å². The number of aromatic nitrogens is 5. The van der Waals surface area contributed by atoms with E-state index in [1.807, 2.05) is 11.6 Å². The van der Waals surface area contributed by atoms with Crippen LogP contribution >= 0.6 is 11.8 Å². The van der Waals surface area contributed by atoms with Crippen LogP contribution < -0.4 is 5.73 Å². The highest BCUT2D eigenvalue weighted by Crippen LogP contribution is 2.22. The van der Waals surface area contributed by atoms with Crippen molar-refractivity contribution < 1.29 is 0 Å². The monoisotopic (exact) mass is 236 g/mol. The Morgan fingerprint density at radius 1 is 1.31 bits per heavy atom. The lowest BCUT2D eigenvalue weighted by Gasteiger charge is -2.03. The smallest absolute Gasteiger partial charge is 0.156 e. The Balaban J connectivity index is 2.05. The van der Waals surface area contributed by atoms with Crippen molar-refractivity contribution in [2.45, 2.75) is 24.2 Å². The maximum absolute atomic E-state index is 5.69. The van der Waals surface area contributed by atoms with Crippen LogP contribution in [0.2, 0.25) is 0 Å². The van der Waals surface area contributed by atoms with E-state index in [0.29, 0.717) is 11.6 Å². The standard InChI is InChI=1S/C9H12N6S/c1-2-15-7(13-6-14-15)5-16-9-8(10)11-3-4-12-9/h3-4,6H,2,5H2,1H3,(H2,10,11). The van der Waals surface area contributed by atoms with Crippen LogP contribution in [-0.4, -0.2) is 24.7 Å². The molecule has 0 radical (unpaired) electrons. The van der Waals surface area contributed by atoms with Crippen molar-refractivity contribution in [3.8, 4) is 0 Å². The molecule has 2 aromatic heterocycles. The van der Waals surface area contributed by atoms with E-state index in [1.165, 1.54) is 11.8 Å². The molecule has 7 heteroatoms. The summed E-state index contributed by atoms with van der Waals surface area (Å²) in [5.41, 5.74) is 5.69. The molecule has 0 aliphatic heterocycles. The molecule has 2 rings (SSSR count). The molecule has 0 saturated carbocycles.